The van der Waals surface area contributed by atoms with Gasteiger partial charge >= 0.3 is 6.18 Å². The van der Waals surface area contributed by atoms with E-state index in [1.165, 1.54) is 6.07 Å². The van der Waals surface area contributed by atoms with Crippen molar-refractivity contribution in [3.8, 4) is 0 Å². The Balaban J connectivity index is 2.73. The van der Waals surface area contributed by atoms with Gasteiger partial charge in [-0.05, 0) is 24.6 Å². The van der Waals surface area contributed by atoms with Crippen LogP contribution in [0.25, 0.3) is 0 Å². The van der Waals surface area contributed by atoms with Crippen LogP contribution < -0.4 is 16.6 Å². The summed E-state index contributed by atoms with van der Waals surface area (Å²) < 4.78 is 42.7. The van der Waals surface area contributed by atoms with Gasteiger partial charge in [-0.15, -0.1) is 0 Å². The fourth-order valence-electron chi connectivity index (χ4n) is 1.67. The maximum absolute atomic E-state index is 12.6. The molecule has 0 bridgehead atoms. The van der Waals surface area contributed by atoms with Gasteiger partial charge in [-0.2, -0.15) is 13.2 Å². The van der Waals surface area contributed by atoms with E-state index in [-0.39, 0.29) is 18.5 Å². The second kappa shape index (κ2) is 7.84. The number of benzene rings is 1. The normalized spacial score (nSPS) is 13.9. The van der Waals surface area contributed by atoms with Gasteiger partial charge < -0.3 is 10.1 Å². The number of ether oxygens (including phenoxy) is 1. The lowest BCUT2D eigenvalue weighted by Crippen LogP contribution is -2.46. The molecule has 8 heteroatoms. The smallest absolute Gasteiger partial charge is 0.383 e. The Morgan fingerprint density at radius 1 is 1.43 bits per heavy atom. The molecule has 0 saturated carbocycles. The number of aliphatic imine (C=N–C) groups is 1. The third-order valence-corrected chi connectivity index (χ3v) is 2.61. The number of hydrogen-bond acceptors (Lipinski definition) is 3. The summed E-state index contributed by atoms with van der Waals surface area (Å²) in [6, 6.07) is 4.98. The van der Waals surface area contributed by atoms with Gasteiger partial charge in [0.05, 0.1) is 18.7 Å². The lowest BCUT2D eigenvalue weighted by molar-refractivity contribution is -0.137. The number of hydrazine groups is 1. The van der Waals surface area contributed by atoms with Crippen LogP contribution in [0.15, 0.2) is 29.3 Å². The first kappa shape index (κ1) is 17.3. The molecule has 1 aromatic rings. The highest BCUT2D eigenvalue weighted by atomic mass is 19.4. The Kier molecular flexibility index (Phi) is 6.44. The molecule has 0 aliphatic carbocycles. The minimum absolute atomic E-state index is 0.0358. The van der Waals surface area contributed by atoms with Gasteiger partial charge in [-0.1, -0.05) is 12.1 Å². The average Bonchev–Trinajstić information content (AvgIpc) is 2.43. The number of nitrogens with one attached hydrogen (secondary N) is 2. The van der Waals surface area contributed by atoms with E-state index in [0.29, 0.717) is 12.2 Å². The van der Waals surface area contributed by atoms with Crippen LogP contribution in [0.1, 0.15) is 18.1 Å². The second-order valence-electron chi connectivity index (χ2n) is 4.51. The second-order valence-corrected chi connectivity index (χ2v) is 4.51. The molecule has 0 aliphatic heterocycles. The maximum atomic E-state index is 12.6. The van der Waals surface area contributed by atoms with Crippen molar-refractivity contribution >= 4 is 5.96 Å². The van der Waals surface area contributed by atoms with Gasteiger partial charge in [0.2, 0.25) is 5.96 Å². The van der Waals surface area contributed by atoms with Crippen LogP contribution in [0.3, 0.4) is 0 Å². The van der Waals surface area contributed by atoms with E-state index in [1.54, 1.807) is 13.2 Å². The SMILES string of the molecule is COCC(C)NC(=NCc1cccc(C(F)(F)F)c1)NN. The molecule has 0 fully saturated rings. The van der Waals surface area contributed by atoms with Crippen molar-refractivity contribution in [2.75, 3.05) is 13.7 Å². The van der Waals surface area contributed by atoms with Crippen molar-refractivity contribution < 1.29 is 17.9 Å². The number of hydrogen-bond donors (Lipinski definition) is 3. The topological polar surface area (TPSA) is 71.7 Å². The van der Waals surface area contributed by atoms with Gasteiger partial charge in [0.25, 0.3) is 0 Å². The van der Waals surface area contributed by atoms with Crippen LogP contribution >= 0.6 is 0 Å². The van der Waals surface area contributed by atoms with E-state index in [1.807, 2.05) is 6.92 Å². The molecule has 0 saturated heterocycles. The van der Waals surface area contributed by atoms with Gasteiger partial charge in [0.15, 0.2) is 0 Å². The first-order valence-electron chi connectivity index (χ1n) is 6.29. The quantitative estimate of drug-likeness (QED) is 0.335. The van der Waals surface area contributed by atoms with Crippen molar-refractivity contribution in [2.45, 2.75) is 25.7 Å². The van der Waals surface area contributed by atoms with Crippen LogP contribution in [-0.2, 0) is 17.5 Å². The summed E-state index contributed by atoms with van der Waals surface area (Å²) in [4.78, 5) is 4.10. The van der Waals surface area contributed by atoms with Gasteiger partial charge in [-0.3, -0.25) is 5.43 Å². The van der Waals surface area contributed by atoms with Crippen LogP contribution in [0.4, 0.5) is 13.2 Å². The lowest BCUT2D eigenvalue weighted by atomic mass is 10.1. The summed E-state index contributed by atoms with van der Waals surface area (Å²) in [5, 5.41) is 2.95. The molecule has 0 radical (unpaired) electrons. The lowest BCUT2D eigenvalue weighted by Gasteiger charge is -2.15. The molecular weight excluding hydrogens is 285 g/mol. The minimum atomic E-state index is -4.36. The number of methoxy groups -OCH3 is 1. The standard InChI is InChI=1S/C13H19F3N4O/c1-9(8-21-2)19-12(20-17)18-7-10-4-3-5-11(6-10)13(14,15)16/h3-6,9H,7-8,17H2,1-2H3,(H2,18,19,20). The molecule has 1 atom stereocenters. The summed E-state index contributed by atoms with van der Waals surface area (Å²) in [6.45, 7) is 2.39. The largest absolute Gasteiger partial charge is 0.416 e. The average molecular weight is 304 g/mol. The Labute approximate surface area is 121 Å². The van der Waals surface area contributed by atoms with E-state index in [9.17, 15) is 13.2 Å². The van der Waals surface area contributed by atoms with Gasteiger partial charge in [-0.25, -0.2) is 10.8 Å². The van der Waals surface area contributed by atoms with E-state index in [2.05, 4.69) is 15.7 Å². The maximum Gasteiger partial charge on any atom is 0.416 e. The third kappa shape index (κ3) is 6.01. The molecule has 0 aromatic heterocycles. The highest BCUT2D eigenvalue weighted by Gasteiger charge is 2.30. The Morgan fingerprint density at radius 3 is 2.71 bits per heavy atom. The van der Waals surface area contributed by atoms with Gasteiger partial charge in [0.1, 0.15) is 0 Å². The summed E-state index contributed by atoms with van der Waals surface area (Å²) in [5.74, 6) is 5.61. The number of alkyl halides is 3. The molecule has 5 nitrogen and oxygen atoms in total. The first-order valence-corrected chi connectivity index (χ1v) is 6.29. The van der Waals surface area contributed by atoms with Crippen molar-refractivity contribution in [3.05, 3.63) is 35.4 Å². The van der Waals surface area contributed by atoms with E-state index in [4.69, 9.17) is 10.6 Å². The van der Waals surface area contributed by atoms with Crippen LogP contribution in [0.2, 0.25) is 0 Å². The summed E-state index contributed by atoms with van der Waals surface area (Å²) in [7, 11) is 1.56. The molecule has 1 unspecified atom stereocenters. The van der Waals surface area contributed by atoms with Crippen molar-refractivity contribution in [3.63, 3.8) is 0 Å². The molecule has 0 amide bonds. The van der Waals surface area contributed by atoms with E-state index >= 15 is 0 Å². The molecule has 0 aliphatic rings. The van der Waals surface area contributed by atoms with E-state index < -0.39 is 11.7 Å². The summed E-state index contributed by atoms with van der Waals surface area (Å²) in [5.41, 5.74) is 2.11. The minimum Gasteiger partial charge on any atom is -0.383 e. The Bertz CT molecular complexity index is 477. The van der Waals surface area contributed by atoms with E-state index in [0.717, 1.165) is 12.1 Å². The van der Waals surface area contributed by atoms with Crippen molar-refractivity contribution in [1.82, 2.24) is 10.7 Å². The first-order chi connectivity index (χ1) is 9.86. The number of guanidine groups is 1. The van der Waals surface area contributed by atoms with Crippen LogP contribution in [0.5, 0.6) is 0 Å². The molecule has 0 heterocycles. The highest BCUT2D eigenvalue weighted by Crippen LogP contribution is 2.29. The summed E-state index contributed by atoms with van der Waals surface area (Å²) in [6.07, 6.45) is -4.36. The molecule has 21 heavy (non-hydrogen) atoms. The van der Waals surface area contributed by atoms with Gasteiger partial charge in [0, 0.05) is 13.2 Å². The Hall–Kier alpha value is -1.80. The molecule has 4 N–H and O–H groups in total. The predicted octanol–water partition coefficient (Wildman–Crippen LogP) is 1.65. The molecule has 1 aromatic carbocycles. The predicted molar refractivity (Wildman–Crippen MR) is 74.4 cm³/mol. The van der Waals surface area contributed by atoms with Crippen LogP contribution in [0, 0.1) is 0 Å². The molecule has 118 valence electrons. The fraction of sp³-hybridized carbons (Fsp3) is 0.462. The fourth-order valence-corrected chi connectivity index (χ4v) is 1.67. The number of halogens is 3. The number of rotatable bonds is 5. The summed E-state index contributed by atoms with van der Waals surface area (Å²) >= 11 is 0. The number of nitrogens with zero attached hydrogens (tertiary/aromatic N) is 1. The zero-order valence-electron chi connectivity index (χ0n) is 11.9. The Morgan fingerprint density at radius 2 is 2.14 bits per heavy atom. The highest BCUT2D eigenvalue weighted by molar-refractivity contribution is 5.79. The zero-order valence-corrected chi connectivity index (χ0v) is 11.9. The zero-order chi connectivity index (χ0) is 15.9. The monoisotopic (exact) mass is 304 g/mol. The van der Waals surface area contributed by atoms with Crippen molar-refractivity contribution in [1.29, 1.82) is 0 Å². The third-order valence-electron chi connectivity index (χ3n) is 2.61. The molecule has 1 rings (SSSR count). The molecule has 0 spiro atoms. The van der Waals surface area contributed by atoms with Crippen molar-refractivity contribution in [2.24, 2.45) is 10.8 Å². The molecular formula is C13H19F3N4O. The number of nitrogens with two attached hydrogens (primary N) is 1. The van der Waals surface area contributed by atoms with Crippen LogP contribution in [-0.4, -0.2) is 25.7 Å².